The van der Waals surface area contributed by atoms with Gasteiger partial charge in [0, 0.05) is 39.9 Å². The number of ether oxygens (including phenoxy) is 2. The van der Waals surface area contributed by atoms with Gasteiger partial charge in [-0.2, -0.15) is 8.42 Å². The first-order chi connectivity index (χ1) is 33.8. The third-order valence-corrected chi connectivity index (χ3v) is 14.7. The highest BCUT2D eigenvalue weighted by Gasteiger charge is 2.54. The number of hydrogen-bond donors (Lipinski definition) is 4. The van der Waals surface area contributed by atoms with Crippen molar-refractivity contribution in [3.8, 4) is 0 Å². The maximum atomic E-state index is 12.0. The Morgan fingerprint density at radius 1 is 0.635 bits per heavy atom. The molecule has 4 aromatic rings. The van der Waals surface area contributed by atoms with Crippen molar-refractivity contribution < 1.29 is 79.4 Å². The Balaban J connectivity index is 0.000000316. The molecule has 7 rings (SSSR count). The second-order valence-electron chi connectivity index (χ2n) is 17.7. The van der Waals surface area contributed by atoms with Gasteiger partial charge in [0.2, 0.25) is 0 Å². The van der Waals surface area contributed by atoms with Gasteiger partial charge in [0.1, 0.15) is 0 Å². The number of halogens is 8. The zero-order chi connectivity index (χ0) is 57.1. The van der Waals surface area contributed by atoms with Gasteiger partial charge in [-0.05, 0) is 135 Å². The van der Waals surface area contributed by atoms with Crippen molar-refractivity contribution in [2.24, 2.45) is 0 Å². The summed E-state index contributed by atoms with van der Waals surface area (Å²) >= 11 is 36.5. The predicted octanol–water partition coefficient (Wildman–Crippen LogP) is 11.5. The minimum absolute atomic E-state index is 0.112. The molecule has 0 unspecified atom stereocenters. The number of carbonyl (C=O) groups is 3. The standard InChI is InChI=1S/C14H17BBrClO4.C9H19BO3.C8H6BrClO2.C7H5BBrClO2.C7H4BrClO2.H2O4S/c1-13(2)14(3,4)21-15(20-13)11-8(16)6-7-9(17)10(11)12(18)19-5;1-7(2)11-10-12-8(3,4)9(5,6)13-10;1-12-8(11)6-4-5(9)2-3-7(6)10;9-5-1-2-6(10)4-3-12-8(11)7(4)5;8-4-1-2-6(9)5(3-4)7(10)11;1-5(2,3)4/h6-7H,1-5H3;7H,1-6H3;2-4H,1H3;1-2,11H,3H2;1-3H,(H,10,11);(H2,1,2,3,4). The Kier molecular flexibility index (Phi) is 26.6. The number of methoxy groups -OCH3 is 2. The lowest BCUT2D eigenvalue weighted by Crippen LogP contribution is -2.41. The van der Waals surface area contributed by atoms with Crippen LogP contribution in [0.1, 0.15) is 106 Å². The van der Waals surface area contributed by atoms with Crippen molar-refractivity contribution in [3.63, 3.8) is 0 Å². The Morgan fingerprint density at radius 2 is 1.03 bits per heavy atom. The molecule has 0 atom stereocenters. The molecule has 3 aliphatic rings. The Labute approximate surface area is 485 Å². The van der Waals surface area contributed by atoms with Crippen LogP contribution in [-0.4, -0.2) is 110 Å². The van der Waals surface area contributed by atoms with Gasteiger partial charge in [0.05, 0.1) is 75.0 Å². The molecule has 0 bridgehead atoms. The van der Waals surface area contributed by atoms with E-state index in [1.54, 1.807) is 48.5 Å². The summed E-state index contributed by atoms with van der Waals surface area (Å²) in [4.78, 5) is 33.6. The molecule has 3 heterocycles. The molecular weight excluding hydrogens is 1340 g/mol. The highest BCUT2D eigenvalue weighted by Crippen LogP contribution is 2.39. The molecule has 17 nitrogen and oxygen atoms in total. The van der Waals surface area contributed by atoms with E-state index in [-0.39, 0.29) is 33.5 Å². The van der Waals surface area contributed by atoms with E-state index in [0.29, 0.717) is 41.6 Å². The van der Waals surface area contributed by atoms with Crippen LogP contribution in [0.3, 0.4) is 0 Å². The van der Waals surface area contributed by atoms with E-state index < -0.39 is 61.1 Å². The molecule has 0 aromatic heterocycles. The fourth-order valence-electron chi connectivity index (χ4n) is 5.83. The molecule has 29 heteroatoms. The average molecular weight is 1390 g/mol. The largest absolute Gasteiger partial charge is 0.640 e. The topological polar surface area (TPSA) is 240 Å². The second-order valence-corrected chi connectivity index (χ2v) is 23.8. The van der Waals surface area contributed by atoms with Gasteiger partial charge in [-0.1, -0.05) is 110 Å². The monoisotopic (exact) mass is 1390 g/mol. The maximum absolute atomic E-state index is 12.0. The van der Waals surface area contributed by atoms with Crippen LogP contribution in [0.2, 0.25) is 20.1 Å². The van der Waals surface area contributed by atoms with Crippen molar-refractivity contribution >= 4 is 171 Å². The molecule has 406 valence electrons. The van der Waals surface area contributed by atoms with Gasteiger partial charge < -0.3 is 47.5 Å². The zero-order valence-corrected chi connectivity index (χ0v) is 52.0. The lowest BCUT2D eigenvalue weighted by atomic mass is 9.76. The number of hydrogen-bond acceptors (Lipinski definition) is 14. The molecule has 2 fully saturated rings. The number of aromatic carboxylic acids is 1. The molecule has 0 aliphatic carbocycles. The van der Waals surface area contributed by atoms with Crippen molar-refractivity contribution in [2.75, 3.05) is 14.2 Å². The van der Waals surface area contributed by atoms with Gasteiger partial charge >= 0.3 is 49.9 Å². The van der Waals surface area contributed by atoms with Gasteiger partial charge in [0.25, 0.3) is 0 Å². The molecule has 3 aliphatic heterocycles. The Morgan fingerprint density at radius 3 is 1.43 bits per heavy atom. The molecule has 0 spiro atoms. The number of benzene rings is 4. The van der Waals surface area contributed by atoms with Crippen LogP contribution in [0.15, 0.2) is 78.6 Å². The predicted molar refractivity (Wildman–Crippen MR) is 301 cm³/mol. The molecule has 74 heavy (non-hydrogen) atoms. The van der Waals surface area contributed by atoms with Crippen molar-refractivity contribution in [1.82, 2.24) is 0 Å². The average Bonchev–Trinajstić information content (AvgIpc) is 3.85. The Hall–Kier alpha value is -1.85. The van der Waals surface area contributed by atoms with Crippen LogP contribution in [0.5, 0.6) is 0 Å². The van der Waals surface area contributed by atoms with E-state index in [0.717, 1.165) is 20.0 Å². The number of carboxylic acid groups (broad SMARTS) is 1. The molecule has 4 N–H and O–H groups in total. The van der Waals surface area contributed by atoms with Gasteiger partial charge in [0.15, 0.2) is 0 Å². The summed E-state index contributed by atoms with van der Waals surface area (Å²) in [5.74, 6) is -1.97. The summed E-state index contributed by atoms with van der Waals surface area (Å²) in [7, 11) is -4.09. The van der Waals surface area contributed by atoms with E-state index >= 15 is 0 Å². The molecule has 4 aromatic carbocycles. The lowest BCUT2D eigenvalue weighted by molar-refractivity contribution is 0.00578. The molecule has 0 amide bonds. The summed E-state index contributed by atoms with van der Waals surface area (Å²) < 4.78 is 77.7. The van der Waals surface area contributed by atoms with Gasteiger partial charge in [-0.25, -0.2) is 14.4 Å². The van der Waals surface area contributed by atoms with E-state index in [1.807, 2.05) is 69.2 Å². The number of esters is 2. The molecule has 0 saturated carbocycles. The number of rotatable bonds is 6. The van der Waals surface area contributed by atoms with Crippen LogP contribution in [0.4, 0.5) is 0 Å². The number of carboxylic acids is 1. The number of carbonyl (C=O) groups excluding carboxylic acids is 2. The van der Waals surface area contributed by atoms with Gasteiger partial charge in [-0.3, -0.25) is 9.11 Å². The van der Waals surface area contributed by atoms with Crippen molar-refractivity contribution in [3.05, 3.63) is 121 Å². The minimum atomic E-state index is -4.67. The van der Waals surface area contributed by atoms with E-state index in [4.69, 9.17) is 102 Å². The quantitative estimate of drug-likeness (QED) is 0.0797. The van der Waals surface area contributed by atoms with Crippen molar-refractivity contribution in [2.45, 2.75) is 104 Å². The van der Waals surface area contributed by atoms with E-state index in [9.17, 15) is 19.4 Å². The third-order valence-electron chi connectivity index (χ3n) is 11.0. The SMILES string of the molecule is CC(C)OB1OC(C)(C)C(C)(C)O1.COC(=O)c1c(Cl)ccc(Br)c1B1OC(C)(C)C(C)(C)O1.COC(=O)c1cc(Br)ccc1Cl.O=C(O)c1cc(Br)ccc1Cl.O=S(=O)(O)O.OB1OCc2c(Cl)ccc(Br)c21. The van der Waals surface area contributed by atoms with Crippen LogP contribution in [0.25, 0.3) is 0 Å². The van der Waals surface area contributed by atoms with Crippen LogP contribution < -0.4 is 10.9 Å². The lowest BCUT2D eigenvalue weighted by Gasteiger charge is -2.32. The maximum Gasteiger partial charge on any atom is 0.640 e. The smallest absolute Gasteiger partial charge is 0.478 e. The summed E-state index contributed by atoms with van der Waals surface area (Å²) in [5, 5.41) is 19.5. The first-order valence-electron chi connectivity index (χ1n) is 21.4. The van der Waals surface area contributed by atoms with Crippen LogP contribution in [0, 0.1) is 0 Å². The second kappa shape index (κ2) is 28.9. The molecule has 0 radical (unpaired) electrons. The fraction of sp³-hybridized carbons (Fsp3) is 0.400. The van der Waals surface area contributed by atoms with Crippen molar-refractivity contribution in [1.29, 1.82) is 0 Å². The first kappa shape index (κ1) is 68.3. The normalized spacial score (nSPS) is 16.3. The van der Waals surface area contributed by atoms with Crippen LogP contribution in [-0.2, 0) is 54.4 Å². The Bertz CT molecular complexity index is 2700. The first-order valence-corrected chi connectivity index (χ1v) is 27.5. The summed E-state index contributed by atoms with van der Waals surface area (Å²) in [6.45, 7) is 20.1. The highest BCUT2D eigenvalue weighted by atomic mass is 79.9. The molecular formula is C45H53B3Br4Cl4O17S. The minimum Gasteiger partial charge on any atom is -0.478 e. The summed E-state index contributed by atoms with van der Waals surface area (Å²) in [6.07, 6.45) is 0.120. The fourth-order valence-corrected chi connectivity index (χ4v) is 8.49. The zero-order valence-electron chi connectivity index (χ0n) is 41.8. The summed E-state index contributed by atoms with van der Waals surface area (Å²) in [6, 6.07) is 16.7. The van der Waals surface area contributed by atoms with E-state index in [1.165, 1.54) is 26.4 Å². The highest BCUT2D eigenvalue weighted by molar-refractivity contribution is 9.11. The third kappa shape index (κ3) is 20.1. The van der Waals surface area contributed by atoms with Gasteiger partial charge in [-0.15, -0.1) is 0 Å². The number of fused-ring (bicyclic) bond motifs is 1. The van der Waals surface area contributed by atoms with Crippen LogP contribution >= 0.6 is 110 Å². The summed E-state index contributed by atoms with van der Waals surface area (Å²) in [5.41, 5.74) is 1.30. The molecule has 2 saturated heterocycles. The van der Waals surface area contributed by atoms with E-state index in [2.05, 4.69) is 68.5 Å².